The van der Waals surface area contributed by atoms with Crippen molar-refractivity contribution in [2.75, 3.05) is 12.3 Å². The highest BCUT2D eigenvalue weighted by atomic mass is 31.2. The lowest BCUT2D eigenvalue weighted by Crippen LogP contribution is -2.36. The van der Waals surface area contributed by atoms with E-state index in [0.717, 1.165) is 22.9 Å². The molecular formula is C22H22N3O12P2-3. The molecule has 0 aliphatic carbocycles. The Hall–Kier alpha value is -2.94. The fourth-order valence-corrected chi connectivity index (χ4v) is 5.78. The second kappa shape index (κ2) is 11.7. The van der Waals surface area contributed by atoms with Gasteiger partial charge < -0.3 is 53.7 Å². The van der Waals surface area contributed by atoms with Crippen LogP contribution in [0.2, 0.25) is 0 Å². The third kappa shape index (κ3) is 7.18. The number of phosphoric acid groups is 1. The Morgan fingerprint density at radius 3 is 2.38 bits per heavy atom. The van der Waals surface area contributed by atoms with Crippen LogP contribution in [0.25, 0.3) is 0 Å². The van der Waals surface area contributed by atoms with E-state index in [2.05, 4.69) is 14.0 Å². The van der Waals surface area contributed by atoms with Crippen molar-refractivity contribution in [3.8, 4) is 11.5 Å². The lowest BCUT2D eigenvalue weighted by atomic mass is 10.1. The maximum atomic E-state index is 12.5. The van der Waals surface area contributed by atoms with Gasteiger partial charge in [0.05, 0.1) is 6.61 Å². The number of nitrogens with zero attached hydrogens (tertiary/aromatic N) is 2. The number of hydrogen-bond acceptors (Lipinski definition) is 14. The van der Waals surface area contributed by atoms with Crippen LogP contribution >= 0.6 is 15.4 Å². The third-order valence-corrected chi connectivity index (χ3v) is 7.58. The highest BCUT2D eigenvalue weighted by molar-refractivity contribution is 7.51. The van der Waals surface area contributed by atoms with E-state index < -0.39 is 58.1 Å². The summed E-state index contributed by atoms with van der Waals surface area (Å²) in [5, 5.41) is 20.5. The molecule has 3 aromatic rings. The summed E-state index contributed by atoms with van der Waals surface area (Å²) in [7, 11) is -11.3. The number of nitrogens with two attached hydrogens (primary N) is 1. The molecule has 1 aromatic heterocycles. The van der Waals surface area contributed by atoms with E-state index >= 15 is 0 Å². The molecular weight excluding hydrogens is 560 g/mol. The highest BCUT2D eigenvalue weighted by Gasteiger charge is 2.44. The van der Waals surface area contributed by atoms with E-state index in [1.807, 2.05) is 0 Å². The number of hydrogen-bond donors (Lipinski definition) is 3. The fraction of sp³-hybridized carbons (Fsp3) is 0.273. The summed E-state index contributed by atoms with van der Waals surface area (Å²) in [5.41, 5.74) is 4.16. The van der Waals surface area contributed by atoms with Gasteiger partial charge in [-0.2, -0.15) is 4.98 Å². The van der Waals surface area contributed by atoms with Gasteiger partial charge >= 0.3 is 5.69 Å². The van der Waals surface area contributed by atoms with Gasteiger partial charge in [-0.15, -0.1) is 0 Å². The maximum Gasteiger partial charge on any atom is 0.351 e. The second-order valence-corrected chi connectivity index (χ2v) is 11.2. The van der Waals surface area contributed by atoms with Crippen molar-refractivity contribution < 1.29 is 52.5 Å². The predicted octanol–water partition coefficient (Wildman–Crippen LogP) is -0.649. The van der Waals surface area contributed by atoms with Crippen molar-refractivity contribution in [3.05, 3.63) is 82.9 Å². The van der Waals surface area contributed by atoms with Crippen molar-refractivity contribution in [3.63, 3.8) is 0 Å². The van der Waals surface area contributed by atoms with Crippen LogP contribution in [-0.2, 0) is 22.9 Å². The molecule has 1 aliphatic rings. The Kier molecular flexibility index (Phi) is 8.69. The van der Waals surface area contributed by atoms with Gasteiger partial charge in [0.25, 0.3) is 7.82 Å². The molecule has 17 heteroatoms. The molecule has 0 amide bonds. The molecule has 6 atom stereocenters. The zero-order chi connectivity index (χ0) is 28.4. The van der Waals surface area contributed by atoms with Crippen molar-refractivity contribution in [1.29, 1.82) is 0 Å². The van der Waals surface area contributed by atoms with Crippen LogP contribution in [0.1, 0.15) is 17.6 Å². The molecule has 0 spiro atoms. The summed E-state index contributed by atoms with van der Waals surface area (Å²) >= 11 is 0. The van der Waals surface area contributed by atoms with Crippen LogP contribution in [0.3, 0.4) is 0 Å². The number of rotatable bonds is 10. The molecule has 0 saturated carbocycles. The minimum Gasteiger partial charge on any atom is -0.809 e. The Morgan fingerprint density at radius 2 is 1.72 bits per heavy atom. The van der Waals surface area contributed by atoms with Gasteiger partial charge in [0.1, 0.15) is 41.5 Å². The largest absolute Gasteiger partial charge is 0.809 e. The van der Waals surface area contributed by atoms with Gasteiger partial charge in [0, 0.05) is 6.20 Å². The van der Waals surface area contributed by atoms with E-state index in [0.29, 0.717) is 5.75 Å². The molecule has 1 aliphatic heterocycles. The summed E-state index contributed by atoms with van der Waals surface area (Å²) in [6.07, 6.45) is -5.25. The average Bonchev–Trinajstić information content (AvgIpc) is 3.15. The number of anilines is 1. The molecule has 4 N–H and O–H groups in total. The van der Waals surface area contributed by atoms with E-state index in [1.54, 1.807) is 30.3 Å². The Bertz CT molecular complexity index is 1450. The number of para-hydroxylation sites is 1. The molecule has 2 unspecified atom stereocenters. The van der Waals surface area contributed by atoms with Crippen molar-refractivity contribution in [1.82, 2.24) is 9.55 Å². The first kappa shape index (κ1) is 29.1. The summed E-state index contributed by atoms with van der Waals surface area (Å²) in [4.78, 5) is 51.9. The zero-order valence-electron chi connectivity index (χ0n) is 19.8. The Morgan fingerprint density at radius 1 is 1.03 bits per heavy atom. The first-order valence-electron chi connectivity index (χ1n) is 11.2. The van der Waals surface area contributed by atoms with Crippen molar-refractivity contribution >= 4 is 21.2 Å². The van der Waals surface area contributed by atoms with Gasteiger partial charge in [-0.1, -0.05) is 30.3 Å². The molecule has 2 aromatic carbocycles. The molecule has 1 saturated heterocycles. The van der Waals surface area contributed by atoms with Crippen LogP contribution in [-0.4, -0.2) is 44.7 Å². The Labute approximate surface area is 220 Å². The van der Waals surface area contributed by atoms with Crippen LogP contribution in [0.5, 0.6) is 11.5 Å². The summed E-state index contributed by atoms with van der Waals surface area (Å²) in [6, 6.07) is 14.6. The van der Waals surface area contributed by atoms with Gasteiger partial charge in [-0.3, -0.25) is 9.13 Å². The SMILES string of the molecule is Nc1ccn([C@@H]2O[C@H](COP(=O)([O-])OC(c3cccc(Oc4ccccc4)c3)P(=O)([O-])[O-])[C@@H](O)[C@H]2O)c(=O)n1. The number of aliphatic hydroxyl groups is 2. The maximum absolute atomic E-state index is 12.5. The first-order chi connectivity index (χ1) is 18.3. The number of ether oxygens (including phenoxy) is 2. The lowest BCUT2D eigenvalue weighted by Gasteiger charge is -2.41. The van der Waals surface area contributed by atoms with Gasteiger partial charge in [-0.05, 0) is 43.5 Å². The van der Waals surface area contributed by atoms with Crippen molar-refractivity contribution in [2.24, 2.45) is 0 Å². The zero-order valence-corrected chi connectivity index (χ0v) is 21.6. The standard InChI is InChI=1S/C22H25N3O12P2/c23-17-9-10-25(22(28)24-17)20-19(27)18(26)16(36-20)12-34-39(32,33)37-21(38(29,30)31)13-5-4-8-15(11-13)35-14-6-2-1-3-7-14/h1-11,16,18-21,26-27H,12H2,(H,32,33)(H2,23,24,28)(H2,29,30,31)/p-3/t16-,18-,19-,20-,21?/m1/s1. The summed E-state index contributed by atoms with van der Waals surface area (Å²) in [6.45, 7) is -0.960. The van der Waals surface area contributed by atoms with Crippen molar-refractivity contribution in [2.45, 2.75) is 30.4 Å². The van der Waals surface area contributed by atoms with E-state index in [4.69, 9.17) is 15.2 Å². The number of benzene rings is 2. The van der Waals surface area contributed by atoms with Crippen LogP contribution in [0.15, 0.2) is 71.7 Å². The quantitative estimate of drug-likeness (QED) is 0.252. The number of aromatic nitrogens is 2. The monoisotopic (exact) mass is 582 g/mol. The lowest BCUT2D eigenvalue weighted by molar-refractivity contribution is -0.324. The van der Waals surface area contributed by atoms with Gasteiger partial charge in [-0.25, -0.2) is 4.79 Å². The molecule has 2 heterocycles. The van der Waals surface area contributed by atoms with Crippen LogP contribution < -0.4 is 30.8 Å². The normalized spacial score (nSPS) is 23.7. The summed E-state index contributed by atoms with van der Waals surface area (Å²) in [5.74, 6) is -2.12. The number of aliphatic hydroxyl groups excluding tert-OH is 2. The minimum atomic E-state index is -5.73. The molecule has 0 radical (unpaired) electrons. The molecule has 39 heavy (non-hydrogen) atoms. The summed E-state index contributed by atoms with van der Waals surface area (Å²) < 4.78 is 45.5. The molecule has 1 fully saturated rings. The van der Waals surface area contributed by atoms with Crippen LogP contribution in [0, 0.1) is 0 Å². The predicted molar refractivity (Wildman–Crippen MR) is 127 cm³/mol. The molecule has 0 bridgehead atoms. The fourth-order valence-electron chi connectivity index (χ4n) is 3.69. The Balaban J connectivity index is 1.46. The smallest absolute Gasteiger partial charge is 0.351 e. The van der Waals surface area contributed by atoms with Gasteiger partial charge in [0.15, 0.2) is 6.23 Å². The number of phosphoric ester groups is 1. The first-order valence-corrected chi connectivity index (χ1v) is 14.3. The topological polar surface area (TPSA) is 242 Å². The minimum absolute atomic E-state index is 0.0947. The van der Waals surface area contributed by atoms with Gasteiger partial charge in [0.2, 0.25) is 0 Å². The molecule has 4 rings (SSSR count). The third-order valence-electron chi connectivity index (χ3n) is 5.50. The number of nitrogen functional groups attached to an aromatic ring is 1. The second-order valence-electron chi connectivity index (χ2n) is 8.32. The van der Waals surface area contributed by atoms with E-state index in [1.165, 1.54) is 18.2 Å². The van der Waals surface area contributed by atoms with E-state index in [-0.39, 0.29) is 17.1 Å². The molecule has 15 nitrogen and oxygen atoms in total. The highest BCUT2D eigenvalue weighted by Crippen LogP contribution is 2.55. The molecule has 210 valence electrons. The van der Waals surface area contributed by atoms with Crippen LogP contribution in [0.4, 0.5) is 5.82 Å². The average molecular weight is 582 g/mol. The van der Waals surface area contributed by atoms with E-state index in [9.17, 15) is 38.8 Å².